The van der Waals surface area contributed by atoms with E-state index in [4.69, 9.17) is 4.98 Å². The second-order valence-corrected chi connectivity index (χ2v) is 6.91. The third-order valence-corrected chi connectivity index (χ3v) is 4.81. The Morgan fingerprint density at radius 1 is 0.964 bits per heavy atom. The first-order valence-electron chi connectivity index (χ1n) is 9.25. The standard InChI is InChI=1S/C20H25N7.ClH/c1-13-12-17(26(3)24-13)21-10-7-11-22-19-15-8-5-6-9-16(15)23-20-18(19)14(2)25-27(20)4;/h5-6,8-9,12,21H,7,10-11H2,1-4H3,(H,22,23);1H. The van der Waals surface area contributed by atoms with Gasteiger partial charge >= 0.3 is 0 Å². The Balaban J connectivity index is 0.00000225. The third kappa shape index (κ3) is 3.62. The highest BCUT2D eigenvalue weighted by molar-refractivity contribution is 6.07. The zero-order valence-electron chi connectivity index (χ0n) is 16.7. The van der Waals surface area contributed by atoms with Crippen molar-refractivity contribution in [2.75, 3.05) is 23.7 Å². The zero-order chi connectivity index (χ0) is 19.0. The molecule has 0 fully saturated rings. The van der Waals surface area contributed by atoms with Crippen molar-refractivity contribution >= 4 is 45.8 Å². The summed E-state index contributed by atoms with van der Waals surface area (Å²) >= 11 is 0. The second kappa shape index (κ2) is 8.06. The molecule has 0 aliphatic heterocycles. The normalized spacial score (nSPS) is 11.0. The summed E-state index contributed by atoms with van der Waals surface area (Å²) in [5, 5.41) is 18.2. The molecule has 7 nitrogen and oxygen atoms in total. The van der Waals surface area contributed by atoms with Crippen molar-refractivity contribution in [2.24, 2.45) is 14.1 Å². The molecule has 28 heavy (non-hydrogen) atoms. The van der Waals surface area contributed by atoms with Crippen molar-refractivity contribution in [2.45, 2.75) is 20.3 Å². The first-order valence-corrected chi connectivity index (χ1v) is 9.25. The van der Waals surface area contributed by atoms with E-state index in [0.29, 0.717) is 0 Å². The molecule has 8 heteroatoms. The zero-order valence-corrected chi connectivity index (χ0v) is 17.5. The van der Waals surface area contributed by atoms with Gasteiger partial charge in [0.1, 0.15) is 5.82 Å². The van der Waals surface area contributed by atoms with Crippen LogP contribution in [0.2, 0.25) is 0 Å². The van der Waals surface area contributed by atoms with Gasteiger partial charge in [0.2, 0.25) is 0 Å². The van der Waals surface area contributed by atoms with Crippen LogP contribution in [-0.2, 0) is 14.1 Å². The van der Waals surface area contributed by atoms with E-state index in [9.17, 15) is 0 Å². The highest BCUT2D eigenvalue weighted by Crippen LogP contribution is 2.32. The fraction of sp³-hybridized carbons (Fsp3) is 0.350. The van der Waals surface area contributed by atoms with Crippen LogP contribution in [0.3, 0.4) is 0 Å². The van der Waals surface area contributed by atoms with Crippen molar-refractivity contribution < 1.29 is 0 Å². The van der Waals surface area contributed by atoms with Crippen LogP contribution in [0, 0.1) is 13.8 Å². The third-order valence-electron chi connectivity index (χ3n) is 4.81. The van der Waals surface area contributed by atoms with Crippen molar-refractivity contribution in [3.05, 3.63) is 41.7 Å². The molecule has 0 bridgehead atoms. The predicted molar refractivity (Wildman–Crippen MR) is 118 cm³/mol. The van der Waals surface area contributed by atoms with E-state index in [1.165, 1.54) is 0 Å². The van der Waals surface area contributed by atoms with E-state index in [1.54, 1.807) is 0 Å². The van der Waals surface area contributed by atoms with Gasteiger partial charge in [-0.1, -0.05) is 18.2 Å². The van der Waals surface area contributed by atoms with Crippen LogP contribution < -0.4 is 10.6 Å². The molecule has 0 unspecified atom stereocenters. The van der Waals surface area contributed by atoms with Crippen molar-refractivity contribution in [1.29, 1.82) is 0 Å². The highest BCUT2D eigenvalue weighted by Gasteiger charge is 2.15. The minimum absolute atomic E-state index is 0. The molecule has 2 N–H and O–H groups in total. The maximum Gasteiger partial charge on any atom is 0.160 e. The Morgan fingerprint density at radius 3 is 2.46 bits per heavy atom. The molecule has 0 radical (unpaired) electrons. The lowest BCUT2D eigenvalue weighted by atomic mass is 10.1. The summed E-state index contributed by atoms with van der Waals surface area (Å²) < 4.78 is 3.73. The van der Waals surface area contributed by atoms with E-state index in [2.05, 4.69) is 45.1 Å². The average Bonchev–Trinajstić information content (AvgIpc) is 3.11. The molecule has 0 aliphatic rings. The lowest BCUT2D eigenvalue weighted by Crippen LogP contribution is -2.11. The number of fused-ring (bicyclic) bond motifs is 2. The lowest BCUT2D eigenvalue weighted by Gasteiger charge is -2.12. The number of aromatic nitrogens is 5. The largest absolute Gasteiger partial charge is 0.384 e. The Bertz CT molecular complexity index is 1110. The number of pyridine rings is 1. The van der Waals surface area contributed by atoms with Crippen molar-refractivity contribution in [1.82, 2.24) is 24.5 Å². The lowest BCUT2D eigenvalue weighted by molar-refractivity contribution is 0.754. The molecule has 148 valence electrons. The van der Waals surface area contributed by atoms with Crippen LogP contribution in [0.25, 0.3) is 21.9 Å². The summed E-state index contributed by atoms with van der Waals surface area (Å²) in [6, 6.07) is 10.3. The molecular formula is C20H26ClN7. The van der Waals surface area contributed by atoms with Gasteiger partial charge in [-0.2, -0.15) is 10.2 Å². The number of aryl methyl sites for hydroxylation is 4. The molecule has 4 rings (SSSR count). The monoisotopic (exact) mass is 399 g/mol. The fourth-order valence-electron chi connectivity index (χ4n) is 3.58. The van der Waals surface area contributed by atoms with Crippen LogP contribution in [0.5, 0.6) is 0 Å². The van der Waals surface area contributed by atoms with Gasteiger partial charge in [-0.15, -0.1) is 12.4 Å². The first-order chi connectivity index (χ1) is 13.0. The summed E-state index contributed by atoms with van der Waals surface area (Å²) in [6.45, 7) is 5.78. The quantitative estimate of drug-likeness (QED) is 0.482. The molecule has 0 saturated heterocycles. The Morgan fingerprint density at radius 2 is 1.71 bits per heavy atom. The van der Waals surface area contributed by atoms with E-state index in [0.717, 1.165) is 64.3 Å². The maximum atomic E-state index is 4.79. The van der Waals surface area contributed by atoms with Gasteiger partial charge in [0.05, 0.1) is 28.0 Å². The summed E-state index contributed by atoms with van der Waals surface area (Å²) in [5.74, 6) is 1.05. The number of nitrogens with zero attached hydrogens (tertiary/aromatic N) is 5. The highest BCUT2D eigenvalue weighted by atomic mass is 35.5. The molecule has 3 aromatic heterocycles. The molecule has 0 aliphatic carbocycles. The number of nitrogens with one attached hydrogen (secondary N) is 2. The Labute approximate surface area is 170 Å². The summed E-state index contributed by atoms with van der Waals surface area (Å²) in [7, 11) is 3.90. The molecule has 0 saturated carbocycles. The Hall–Kier alpha value is -2.80. The van der Waals surface area contributed by atoms with Crippen LogP contribution in [-0.4, -0.2) is 37.6 Å². The fourth-order valence-corrected chi connectivity index (χ4v) is 3.58. The van der Waals surface area contributed by atoms with E-state index >= 15 is 0 Å². The molecule has 1 aromatic carbocycles. The van der Waals surface area contributed by atoms with E-state index < -0.39 is 0 Å². The van der Waals surface area contributed by atoms with Crippen molar-refractivity contribution in [3.8, 4) is 0 Å². The van der Waals surface area contributed by atoms with Crippen LogP contribution >= 0.6 is 12.4 Å². The van der Waals surface area contributed by atoms with Crippen molar-refractivity contribution in [3.63, 3.8) is 0 Å². The van der Waals surface area contributed by atoms with Crippen LogP contribution in [0.4, 0.5) is 11.5 Å². The minimum atomic E-state index is 0. The summed E-state index contributed by atoms with van der Waals surface area (Å²) in [6.07, 6.45) is 0.988. The number of hydrogen-bond acceptors (Lipinski definition) is 5. The van der Waals surface area contributed by atoms with E-state index in [-0.39, 0.29) is 12.4 Å². The predicted octanol–water partition coefficient (Wildman–Crippen LogP) is 3.81. The number of benzene rings is 1. The van der Waals surface area contributed by atoms with Gasteiger partial charge in [0.15, 0.2) is 5.65 Å². The Kier molecular flexibility index (Phi) is 5.74. The topological polar surface area (TPSA) is 72.6 Å². The molecule has 0 atom stereocenters. The van der Waals surface area contributed by atoms with Gasteiger partial charge < -0.3 is 10.6 Å². The van der Waals surface area contributed by atoms with E-state index in [1.807, 2.05) is 43.4 Å². The molecule has 4 aromatic rings. The molecular weight excluding hydrogens is 374 g/mol. The van der Waals surface area contributed by atoms with Gasteiger partial charge in [-0.05, 0) is 26.3 Å². The number of hydrogen-bond donors (Lipinski definition) is 2. The number of rotatable bonds is 6. The smallest absolute Gasteiger partial charge is 0.160 e. The minimum Gasteiger partial charge on any atom is -0.384 e. The second-order valence-electron chi connectivity index (χ2n) is 6.91. The molecule has 0 spiro atoms. The average molecular weight is 400 g/mol. The first kappa shape index (κ1) is 19.9. The van der Waals surface area contributed by atoms with Gasteiger partial charge in [0.25, 0.3) is 0 Å². The summed E-state index contributed by atoms with van der Waals surface area (Å²) in [4.78, 5) is 4.79. The van der Waals surface area contributed by atoms with Crippen LogP contribution in [0.15, 0.2) is 30.3 Å². The number of halogens is 1. The molecule has 3 heterocycles. The van der Waals surface area contributed by atoms with Crippen LogP contribution in [0.1, 0.15) is 17.8 Å². The number of para-hydroxylation sites is 1. The number of anilines is 2. The SMILES string of the molecule is Cc1cc(NCCCNc2c3ccccc3nc3c2c(C)nn3C)n(C)n1.Cl. The summed E-state index contributed by atoms with van der Waals surface area (Å²) in [5.41, 5.74) is 5.04. The molecule has 0 amide bonds. The van der Waals surface area contributed by atoms with Gasteiger partial charge in [-0.25, -0.2) is 4.98 Å². The van der Waals surface area contributed by atoms with Gasteiger partial charge in [-0.3, -0.25) is 9.36 Å². The maximum absolute atomic E-state index is 4.79. The van der Waals surface area contributed by atoms with Gasteiger partial charge in [0, 0.05) is 38.6 Å².